The minimum Gasteiger partial charge on any atom is -0.309 e. The second-order valence-electron chi connectivity index (χ2n) is 4.44. The SMILES string of the molecule is C=C(C)CCC(NCC)c1cc(C)nn1C. The topological polar surface area (TPSA) is 29.9 Å². The van der Waals surface area contributed by atoms with Crippen LogP contribution in [0.1, 0.15) is 44.1 Å². The fourth-order valence-corrected chi connectivity index (χ4v) is 1.95. The van der Waals surface area contributed by atoms with Gasteiger partial charge in [0, 0.05) is 13.1 Å². The predicted molar refractivity (Wildman–Crippen MR) is 68.4 cm³/mol. The number of aryl methyl sites for hydroxylation is 2. The van der Waals surface area contributed by atoms with Gasteiger partial charge in [0.05, 0.1) is 11.4 Å². The van der Waals surface area contributed by atoms with Crippen molar-refractivity contribution in [1.82, 2.24) is 15.1 Å². The molecule has 0 amide bonds. The fraction of sp³-hybridized carbons (Fsp3) is 0.615. The molecule has 1 unspecified atom stereocenters. The predicted octanol–water partition coefficient (Wildman–Crippen LogP) is 2.74. The van der Waals surface area contributed by atoms with Gasteiger partial charge in [-0.05, 0) is 39.3 Å². The van der Waals surface area contributed by atoms with Crippen LogP contribution in [0.2, 0.25) is 0 Å². The van der Waals surface area contributed by atoms with Crippen molar-refractivity contribution in [2.45, 2.75) is 39.7 Å². The first-order valence-corrected chi connectivity index (χ1v) is 5.93. The largest absolute Gasteiger partial charge is 0.309 e. The Morgan fingerprint density at radius 2 is 2.31 bits per heavy atom. The van der Waals surface area contributed by atoms with Crippen LogP contribution in [-0.4, -0.2) is 16.3 Å². The Labute approximate surface area is 98.5 Å². The number of aromatic nitrogens is 2. The molecule has 1 heterocycles. The van der Waals surface area contributed by atoms with E-state index in [1.807, 2.05) is 18.7 Å². The highest BCUT2D eigenvalue weighted by Crippen LogP contribution is 2.20. The van der Waals surface area contributed by atoms with Crippen LogP contribution in [-0.2, 0) is 7.05 Å². The van der Waals surface area contributed by atoms with Crippen molar-refractivity contribution in [2.24, 2.45) is 7.05 Å². The van der Waals surface area contributed by atoms with Crippen molar-refractivity contribution in [3.05, 3.63) is 29.6 Å². The molecule has 0 saturated heterocycles. The molecule has 0 aliphatic heterocycles. The van der Waals surface area contributed by atoms with Gasteiger partial charge in [0.1, 0.15) is 0 Å². The molecule has 3 nitrogen and oxygen atoms in total. The van der Waals surface area contributed by atoms with Crippen molar-refractivity contribution in [2.75, 3.05) is 6.54 Å². The molecule has 0 aromatic carbocycles. The number of hydrogen-bond donors (Lipinski definition) is 1. The molecule has 1 rings (SSSR count). The van der Waals surface area contributed by atoms with E-state index in [9.17, 15) is 0 Å². The van der Waals surface area contributed by atoms with E-state index >= 15 is 0 Å². The average molecular weight is 221 g/mol. The summed E-state index contributed by atoms with van der Waals surface area (Å²) in [5.74, 6) is 0. The zero-order chi connectivity index (χ0) is 12.1. The van der Waals surface area contributed by atoms with E-state index in [0.717, 1.165) is 25.1 Å². The molecular formula is C13H23N3. The summed E-state index contributed by atoms with van der Waals surface area (Å²) in [6, 6.07) is 2.54. The zero-order valence-electron chi connectivity index (χ0n) is 10.9. The highest BCUT2D eigenvalue weighted by atomic mass is 15.3. The average Bonchev–Trinajstić information content (AvgIpc) is 2.52. The van der Waals surface area contributed by atoms with Crippen molar-refractivity contribution in [3.8, 4) is 0 Å². The van der Waals surface area contributed by atoms with E-state index in [-0.39, 0.29) is 0 Å². The van der Waals surface area contributed by atoms with E-state index in [2.05, 4.69) is 36.9 Å². The Bertz CT molecular complexity index is 352. The summed E-state index contributed by atoms with van der Waals surface area (Å²) >= 11 is 0. The van der Waals surface area contributed by atoms with Crippen LogP contribution < -0.4 is 5.32 Å². The van der Waals surface area contributed by atoms with Crippen molar-refractivity contribution < 1.29 is 0 Å². The Morgan fingerprint density at radius 1 is 1.62 bits per heavy atom. The third-order valence-electron chi connectivity index (χ3n) is 2.71. The Hall–Kier alpha value is -1.09. The molecule has 90 valence electrons. The first-order chi connectivity index (χ1) is 7.54. The molecule has 1 aromatic rings. The molecule has 0 saturated carbocycles. The molecule has 1 aromatic heterocycles. The van der Waals surface area contributed by atoms with Gasteiger partial charge in [-0.3, -0.25) is 4.68 Å². The van der Waals surface area contributed by atoms with Gasteiger partial charge in [0.25, 0.3) is 0 Å². The Balaban J connectivity index is 2.76. The molecule has 3 heteroatoms. The minimum atomic E-state index is 0.382. The van der Waals surface area contributed by atoms with Crippen LogP contribution in [0.25, 0.3) is 0 Å². The summed E-state index contributed by atoms with van der Waals surface area (Å²) in [5.41, 5.74) is 3.58. The summed E-state index contributed by atoms with van der Waals surface area (Å²) in [6.45, 7) is 11.2. The summed E-state index contributed by atoms with van der Waals surface area (Å²) in [4.78, 5) is 0. The van der Waals surface area contributed by atoms with E-state index in [4.69, 9.17) is 0 Å². The highest BCUT2D eigenvalue weighted by Gasteiger charge is 2.14. The minimum absolute atomic E-state index is 0.382. The lowest BCUT2D eigenvalue weighted by atomic mass is 10.0. The van der Waals surface area contributed by atoms with Crippen LogP contribution in [0.4, 0.5) is 0 Å². The molecule has 0 bridgehead atoms. The van der Waals surface area contributed by atoms with Crippen LogP contribution in [0.5, 0.6) is 0 Å². The van der Waals surface area contributed by atoms with E-state index < -0.39 is 0 Å². The first kappa shape index (κ1) is 13.0. The van der Waals surface area contributed by atoms with Gasteiger partial charge in [-0.2, -0.15) is 5.10 Å². The second-order valence-corrected chi connectivity index (χ2v) is 4.44. The van der Waals surface area contributed by atoms with Crippen LogP contribution in [0.15, 0.2) is 18.2 Å². The third kappa shape index (κ3) is 3.49. The van der Waals surface area contributed by atoms with Crippen molar-refractivity contribution in [3.63, 3.8) is 0 Å². The van der Waals surface area contributed by atoms with Gasteiger partial charge in [0.15, 0.2) is 0 Å². The van der Waals surface area contributed by atoms with Crippen molar-refractivity contribution >= 4 is 0 Å². The summed E-state index contributed by atoms with van der Waals surface area (Å²) in [5, 5.41) is 7.90. The van der Waals surface area contributed by atoms with Gasteiger partial charge >= 0.3 is 0 Å². The van der Waals surface area contributed by atoms with E-state index in [1.165, 1.54) is 11.3 Å². The van der Waals surface area contributed by atoms with Gasteiger partial charge in [0.2, 0.25) is 0 Å². The molecule has 0 aliphatic rings. The van der Waals surface area contributed by atoms with Crippen LogP contribution in [0.3, 0.4) is 0 Å². The molecule has 16 heavy (non-hydrogen) atoms. The first-order valence-electron chi connectivity index (χ1n) is 5.93. The second kappa shape index (κ2) is 5.85. The van der Waals surface area contributed by atoms with Crippen molar-refractivity contribution in [1.29, 1.82) is 0 Å². The third-order valence-corrected chi connectivity index (χ3v) is 2.71. The van der Waals surface area contributed by atoms with Gasteiger partial charge in [-0.1, -0.05) is 12.5 Å². The smallest absolute Gasteiger partial charge is 0.0597 e. The normalized spacial score (nSPS) is 12.8. The van der Waals surface area contributed by atoms with Gasteiger partial charge in [-0.25, -0.2) is 0 Å². The van der Waals surface area contributed by atoms with Gasteiger partial charge in [-0.15, -0.1) is 6.58 Å². The molecule has 0 radical (unpaired) electrons. The maximum absolute atomic E-state index is 4.40. The van der Waals surface area contributed by atoms with Gasteiger partial charge < -0.3 is 5.32 Å². The molecule has 0 fully saturated rings. The van der Waals surface area contributed by atoms with E-state index in [0.29, 0.717) is 6.04 Å². The van der Waals surface area contributed by atoms with E-state index in [1.54, 1.807) is 0 Å². The molecule has 1 N–H and O–H groups in total. The monoisotopic (exact) mass is 221 g/mol. The number of rotatable bonds is 6. The van der Waals surface area contributed by atoms with Crippen LogP contribution in [0, 0.1) is 6.92 Å². The number of nitrogens with one attached hydrogen (secondary N) is 1. The molecule has 0 spiro atoms. The molecular weight excluding hydrogens is 198 g/mol. The highest BCUT2D eigenvalue weighted by molar-refractivity contribution is 5.13. The quantitative estimate of drug-likeness (QED) is 0.749. The Kier molecular flexibility index (Phi) is 4.74. The number of hydrogen-bond acceptors (Lipinski definition) is 2. The lowest BCUT2D eigenvalue weighted by Gasteiger charge is -2.18. The van der Waals surface area contributed by atoms with Crippen LogP contribution >= 0.6 is 0 Å². The molecule has 1 atom stereocenters. The summed E-state index contributed by atoms with van der Waals surface area (Å²) in [6.07, 6.45) is 2.14. The number of allylic oxidation sites excluding steroid dienone is 1. The zero-order valence-corrected chi connectivity index (χ0v) is 10.9. The lowest BCUT2D eigenvalue weighted by molar-refractivity contribution is 0.480. The fourth-order valence-electron chi connectivity index (χ4n) is 1.95. The summed E-state index contributed by atoms with van der Waals surface area (Å²) < 4.78 is 1.97. The maximum Gasteiger partial charge on any atom is 0.0597 e. The standard InChI is InChI=1S/C13H23N3/c1-6-14-12(8-7-10(2)3)13-9-11(4)15-16(13)5/h9,12,14H,2,6-8H2,1,3-5H3. The number of nitrogens with zero attached hydrogens (tertiary/aromatic N) is 2. The molecule has 0 aliphatic carbocycles. The maximum atomic E-state index is 4.40. The summed E-state index contributed by atoms with van der Waals surface area (Å²) in [7, 11) is 2.01. The lowest BCUT2D eigenvalue weighted by Crippen LogP contribution is -2.23. The Morgan fingerprint density at radius 3 is 2.75 bits per heavy atom.